The van der Waals surface area contributed by atoms with Gasteiger partial charge in [-0.1, -0.05) is 20.3 Å². The van der Waals surface area contributed by atoms with Crippen molar-refractivity contribution < 1.29 is 0 Å². The van der Waals surface area contributed by atoms with Crippen LogP contribution in [0.4, 0.5) is 0 Å². The summed E-state index contributed by atoms with van der Waals surface area (Å²) < 4.78 is 0. The smallest absolute Gasteiger partial charge is 0.0484 e. The minimum absolute atomic E-state index is 0.0452. The highest BCUT2D eigenvalue weighted by molar-refractivity contribution is 6.21. The van der Waals surface area contributed by atoms with Crippen molar-refractivity contribution in [3.63, 3.8) is 0 Å². The lowest BCUT2D eigenvalue weighted by Crippen LogP contribution is -2.47. The van der Waals surface area contributed by atoms with Crippen molar-refractivity contribution >= 4 is 11.6 Å². The summed E-state index contributed by atoms with van der Waals surface area (Å²) in [5.41, 5.74) is 0.0452. The Bertz CT molecular complexity index is 132. The van der Waals surface area contributed by atoms with Gasteiger partial charge in [0.25, 0.3) is 0 Å². The number of nitrogens with one attached hydrogen (secondary N) is 1. The Balaban J connectivity index is 3.74. The van der Waals surface area contributed by atoms with Gasteiger partial charge in [-0.05, 0) is 39.7 Å². The van der Waals surface area contributed by atoms with E-state index < -0.39 is 0 Å². The van der Waals surface area contributed by atoms with E-state index in [4.69, 9.17) is 11.6 Å². The third-order valence-electron chi connectivity index (χ3n) is 2.68. The quantitative estimate of drug-likeness (QED) is 0.656. The summed E-state index contributed by atoms with van der Waals surface area (Å²) in [6.07, 6.45) is 2.56. The Hall–Kier alpha value is 0.250. The van der Waals surface area contributed by atoms with Gasteiger partial charge in [0.05, 0.1) is 0 Å². The molecule has 0 aliphatic heterocycles. The SMILES string of the molecule is CCCC(C)CNC(C)(C)C(C)Cl. The lowest BCUT2D eigenvalue weighted by Gasteiger charge is -2.30. The van der Waals surface area contributed by atoms with Crippen LogP contribution in [0.5, 0.6) is 0 Å². The number of halogens is 1. The topological polar surface area (TPSA) is 12.0 Å². The summed E-state index contributed by atoms with van der Waals surface area (Å²) in [5.74, 6) is 0.750. The molecular weight excluding hydrogens is 182 g/mol. The normalized spacial score (nSPS) is 17.1. The highest BCUT2D eigenvalue weighted by Gasteiger charge is 2.23. The summed E-state index contributed by atoms with van der Waals surface area (Å²) in [6.45, 7) is 11.9. The molecule has 2 atom stereocenters. The molecule has 2 unspecified atom stereocenters. The molecule has 0 radical (unpaired) electrons. The zero-order valence-corrected chi connectivity index (χ0v) is 10.4. The van der Waals surface area contributed by atoms with Crippen LogP contribution >= 0.6 is 11.6 Å². The Kier molecular flexibility index (Phi) is 5.98. The molecule has 13 heavy (non-hydrogen) atoms. The van der Waals surface area contributed by atoms with Gasteiger partial charge in [-0.2, -0.15) is 0 Å². The molecule has 2 heteroatoms. The number of hydrogen-bond donors (Lipinski definition) is 1. The standard InChI is InChI=1S/C11H24ClN/c1-6-7-9(2)8-13-11(4,5)10(3)12/h9-10,13H,6-8H2,1-5H3. The van der Waals surface area contributed by atoms with E-state index in [2.05, 4.69) is 33.0 Å². The average molecular weight is 206 g/mol. The van der Waals surface area contributed by atoms with Gasteiger partial charge >= 0.3 is 0 Å². The number of alkyl halides is 1. The molecule has 0 saturated heterocycles. The molecule has 1 N–H and O–H groups in total. The summed E-state index contributed by atoms with van der Waals surface area (Å²) >= 11 is 6.07. The molecule has 0 aromatic carbocycles. The zero-order valence-electron chi connectivity index (χ0n) is 9.65. The van der Waals surface area contributed by atoms with Crippen molar-refractivity contribution in [1.29, 1.82) is 0 Å². The lowest BCUT2D eigenvalue weighted by molar-refractivity contribution is 0.342. The van der Waals surface area contributed by atoms with Crippen LogP contribution in [0.1, 0.15) is 47.5 Å². The Labute approximate surface area is 88.2 Å². The molecule has 0 saturated carbocycles. The fourth-order valence-corrected chi connectivity index (χ4v) is 1.25. The van der Waals surface area contributed by atoms with E-state index in [0.29, 0.717) is 0 Å². The summed E-state index contributed by atoms with van der Waals surface area (Å²) in [7, 11) is 0. The third kappa shape index (κ3) is 5.53. The van der Waals surface area contributed by atoms with Crippen LogP contribution in [0.25, 0.3) is 0 Å². The van der Waals surface area contributed by atoms with Gasteiger partial charge in [-0.25, -0.2) is 0 Å². The second-order valence-corrected chi connectivity index (χ2v) is 5.27. The van der Waals surface area contributed by atoms with Gasteiger partial charge in [0.15, 0.2) is 0 Å². The molecular formula is C11H24ClN. The summed E-state index contributed by atoms with van der Waals surface area (Å²) in [5, 5.41) is 3.68. The maximum Gasteiger partial charge on any atom is 0.0484 e. The van der Waals surface area contributed by atoms with Crippen molar-refractivity contribution in [3.8, 4) is 0 Å². The third-order valence-corrected chi connectivity index (χ3v) is 3.23. The van der Waals surface area contributed by atoms with Crippen molar-refractivity contribution in [2.75, 3.05) is 6.54 Å². The second kappa shape index (κ2) is 5.87. The molecule has 0 fully saturated rings. The van der Waals surface area contributed by atoms with Gasteiger partial charge in [0.1, 0.15) is 0 Å². The predicted molar refractivity (Wildman–Crippen MR) is 61.5 cm³/mol. The first-order chi connectivity index (χ1) is 5.90. The molecule has 0 bridgehead atoms. The minimum atomic E-state index is 0.0452. The van der Waals surface area contributed by atoms with Gasteiger partial charge < -0.3 is 5.32 Å². The van der Waals surface area contributed by atoms with Gasteiger partial charge in [-0.15, -0.1) is 11.6 Å². The van der Waals surface area contributed by atoms with Crippen LogP contribution in [0, 0.1) is 5.92 Å². The summed E-state index contributed by atoms with van der Waals surface area (Å²) in [6, 6.07) is 0. The average Bonchev–Trinajstić information content (AvgIpc) is 2.01. The Morgan fingerprint density at radius 2 is 1.85 bits per heavy atom. The van der Waals surface area contributed by atoms with Crippen LogP contribution in [-0.2, 0) is 0 Å². The second-order valence-electron chi connectivity index (χ2n) is 4.61. The van der Waals surface area contributed by atoms with Crippen molar-refractivity contribution in [3.05, 3.63) is 0 Å². The van der Waals surface area contributed by atoms with Crippen LogP contribution in [0.3, 0.4) is 0 Å². The number of hydrogen-bond acceptors (Lipinski definition) is 1. The molecule has 80 valence electrons. The molecule has 0 aliphatic rings. The van der Waals surface area contributed by atoms with Crippen molar-refractivity contribution in [2.24, 2.45) is 5.92 Å². The fourth-order valence-electron chi connectivity index (χ4n) is 1.17. The number of rotatable bonds is 6. The molecule has 0 spiro atoms. The molecule has 0 rings (SSSR count). The Morgan fingerprint density at radius 1 is 1.31 bits per heavy atom. The van der Waals surface area contributed by atoms with E-state index in [0.717, 1.165) is 12.5 Å². The van der Waals surface area contributed by atoms with Crippen molar-refractivity contribution in [1.82, 2.24) is 5.32 Å². The van der Waals surface area contributed by atoms with Crippen LogP contribution in [0.2, 0.25) is 0 Å². The fraction of sp³-hybridized carbons (Fsp3) is 1.00. The molecule has 0 aromatic heterocycles. The van der Waals surface area contributed by atoms with E-state index in [1.165, 1.54) is 12.8 Å². The maximum atomic E-state index is 6.07. The molecule has 0 aromatic rings. The predicted octanol–water partition coefficient (Wildman–Crippen LogP) is 3.42. The van der Waals surface area contributed by atoms with Crippen LogP contribution in [0.15, 0.2) is 0 Å². The highest BCUT2D eigenvalue weighted by Crippen LogP contribution is 2.15. The maximum absolute atomic E-state index is 6.07. The summed E-state index contributed by atoms with van der Waals surface area (Å²) in [4.78, 5) is 0. The van der Waals surface area contributed by atoms with E-state index in [1.54, 1.807) is 0 Å². The van der Waals surface area contributed by atoms with Gasteiger partial charge in [-0.3, -0.25) is 0 Å². The van der Waals surface area contributed by atoms with E-state index in [-0.39, 0.29) is 10.9 Å². The van der Waals surface area contributed by atoms with Crippen LogP contribution in [-0.4, -0.2) is 17.5 Å². The highest BCUT2D eigenvalue weighted by atomic mass is 35.5. The molecule has 0 heterocycles. The zero-order chi connectivity index (χ0) is 10.5. The molecule has 0 amide bonds. The molecule has 1 nitrogen and oxygen atoms in total. The van der Waals surface area contributed by atoms with Gasteiger partial charge in [0.2, 0.25) is 0 Å². The van der Waals surface area contributed by atoms with Gasteiger partial charge in [0, 0.05) is 10.9 Å². The molecule has 0 aliphatic carbocycles. The monoisotopic (exact) mass is 205 g/mol. The first-order valence-electron chi connectivity index (χ1n) is 5.29. The van der Waals surface area contributed by atoms with E-state index in [9.17, 15) is 0 Å². The Morgan fingerprint density at radius 3 is 2.23 bits per heavy atom. The van der Waals surface area contributed by atoms with Crippen molar-refractivity contribution in [2.45, 2.75) is 58.4 Å². The first-order valence-corrected chi connectivity index (χ1v) is 5.73. The van der Waals surface area contributed by atoms with Crippen LogP contribution < -0.4 is 5.32 Å². The van der Waals surface area contributed by atoms with E-state index in [1.807, 2.05) is 6.92 Å². The largest absolute Gasteiger partial charge is 0.310 e. The van der Waals surface area contributed by atoms with E-state index >= 15 is 0 Å². The minimum Gasteiger partial charge on any atom is -0.310 e. The lowest BCUT2D eigenvalue weighted by atomic mass is 9.99. The first kappa shape index (κ1) is 13.2.